The molecular weight excluding hydrogens is 276 g/mol. The third-order valence-electron chi connectivity index (χ3n) is 4.38. The predicted octanol–water partition coefficient (Wildman–Crippen LogP) is 2.55. The molecule has 0 bridgehead atoms. The number of aryl methyl sites for hydroxylation is 1. The Morgan fingerprint density at radius 2 is 2.14 bits per heavy atom. The highest BCUT2D eigenvalue weighted by Crippen LogP contribution is 2.17. The molecule has 1 saturated heterocycles. The van der Waals surface area contributed by atoms with Crippen molar-refractivity contribution in [1.29, 1.82) is 0 Å². The molecule has 1 aromatic heterocycles. The van der Waals surface area contributed by atoms with Crippen LogP contribution in [0.2, 0.25) is 0 Å². The first kappa shape index (κ1) is 17.0. The van der Waals surface area contributed by atoms with Gasteiger partial charge in [-0.25, -0.2) is 0 Å². The third kappa shape index (κ3) is 4.09. The van der Waals surface area contributed by atoms with Crippen LogP contribution in [0, 0.1) is 6.92 Å². The first-order valence-corrected chi connectivity index (χ1v) is 8.38. The number of nitrogens with one attached hydrogen (secondary N) is 1. The molecule has 22 heavy (non-hydrogen) atoms. The van der Waals surface area contributed by atoms with Crippen molar-refractivity contribution in [2.45, 2.75) is 65.5 Å². The number of aromatic nitrogens is 2. The van der Waals surface area contributed by atoms with Crippen molar-refractivity contribution in [1.82, 2.24) is 20.0 Å². The Bertz CT molecular complexity index is 515. The van der Waals surface area contributed by atoms with Crippen LogP contribution in [0.1, 0.15) is 63.1 Å². The van der Waals surface area contributed by atoms with Crippen LogP contribution in [-0.2, 0) is 5.54 Å². The Balaban J connectivity index is 1.87. The first-order chi connectivity index (χ1) is 10.3. The smallest absolute Gasteiger partial charge is 0.271 e. The molecule has 0 saturated carbocycles. The summed E-state index contributed by atoms with van der Waals surface area (Å²) in [5.74, 6) is -0.0734. The Morgan fingerprint density at radius 1 is 1.41 bits per heavy atom. The Hall–Kier alpha value is -1.36. The van der Waals surface area contributed by atoms with Gasteiger partial charge in [0, 0.05) is 24.8 Å². The highest BCUT2D eigenvalue weighted by atomic mass is 16.1. The number of carbonyl (C=O) groups excluding carboxylic acids is 1. The monoisotopic (exact) mass is 306 g/mol. The molecule has 0 aliphatic carbocycles. The van der Waals surface area contributed by atoms with Crippen LogP contribution in [0.4, 0.5) is 0 Å². The number of hydrogen-bond donors (Lipinski definition) is 1. The van der Waals surface area contributed by atoms with Crippen molar-refractivity contribution >= 4 is 5.91 Å². The maximum atomic E-state index is 12.3. The van der Waals surface area contributed by atoms with Crippen LogP contribution in [0.5, 0.6) is 0 Å². The molecule has 1 aromatic rings. The van der Waals surface area contributed by atoms with Gasteiger partial charge in [-0.2, -0.15) is 5.10 Å². The zero-order chi connectivity index (χ0) is 16.3. The fraction of sp³-hybridized carbons (Fsp3) is 0.765. The molecule has 0 unspecified atom stereocenters. The Kier molecular flexibility index (Phi) is 5.27. The number of amides is 1. The van der Waals surface area contributed by atoms with Gasteiger partial charge in [0.05, 0.1) is 5.54 Å². The minimum atomic E-state index is -0.105. The summed E-state index contributed by atoms with van der Waals surface area (Å²) in [5.41, 5.74) is 1.42. The van der Waals surface area contributed by atoms with E-state index in [-0.39, 0.29) is 11.4 Å². The van der Waals surface area contributed by atoms with Crippen LogP contribution in [0.3, 0.4) is 0 Å². The number of rotatable bonds is 4. The van der Waals surface area contributed by atoms with Gasteiger partial charge in [0.15, 0.2) is 0 Å². The fourth-order valence-electron chi connectivity index (χ4n) is 3.16. The van der Waals surface area contributed by atoms with Crippen molar-refractivity contribution in [3.63, 3.8) is 0 Å². The van der Waals surface area contributed by atoms with E-state index >= 15 is 0 Å². The van der Waals surface area contributed by atoms with Crippen molar-refractivity contribution in [3.05, 3.63) is 17.5 Å². The standard InChI is InChI=1S/C17H30N4O/c1-13-8-6-7-10-20(13)11-9-18-16(22)15-12-14(2)21(19-15)17(3,4)5/h12-13H,6-11H2,1-5H3,(H,18,22)/t13-/m0/s1. The van der Waals surface area contributed by atoms with E-state index in [4.69, 9.17) is 0 Å². The summed E-state index contributed by atoms with van der Waals surface area (Å²) in [6, 6.07) is 2.50. The lowest BCUT2D eigenvalue weighted by Crippen LogP contribution is -2.42. The molecule has 1 N–H and O–H groups in total. The van der Waals surface area contributed by atoms with Crippen LogP contribution >= 0.6 is 0 Å². The molecule has 2 heterocycles. The number of carbonyl (C=O) groups is 1. The van der Waals surface area contributed by atoms with Crippen molar-refractivity contribution < 1.29 is 4.79 Å². The molecule has 1 fully saturated rings. The third-order valence-corrected chi connectivity index (χ3v) is 4.38. The highest BCUT2D eigenvalue weighted by molar-refractivity contribution is 5.92. The molecule has 124 valence electrons. The summed E-state index contributed by atoms with van der Waals surface area (Å²) < 4.78 is 1.91. The number of hydrogen-bond acceptors (Lipinski definition) is 3. The Morgan fingerprint density at radius 3 is 2.73 bits per heavy atom. The van der Waals surface area contributed by atoms with Gasteiger partial charge in [0.25, 0.3) is 5.91 Å². The maximum Gasteiger partial charge on any atom is 0.271 e. The molecule has 5 nitrogen and oxygen atoms in total. The van der Waals surface area contributed by atoms with E-state index in [0.717, 1.165) is 18.8 Å². The van der Waals surface area contributed by atoms with Crippen molar-refractivity contribution in [2.75, 3.05) is 19.6 Å². The largest absolute Gasteiger partial charge is 0.349 e. The van der Waals surface area contributed by atoms with Crippen LogP contribution in [0.15, 0.2) is 6.07 Å². The second-order valence-electron chi connectivity index (χ2n) is 7.39. The molecule has 1 amide bonds. The topological polar surface area (TPSA) is 50.2 Å². The van der Waals surface area contributed by atoms with Crippen molar-refractivity contribution in [3.8, 4) is 0 Å². The van der Waals surface area contributed by atoms with E-state index in [2.05, 4.69) is 43.0 Å². The highest BCUT2D eigenvalue weighted by Gasteiger charge is 2.21. The van der Waals surface area contributed by atoms with Gasteiger partial charge in [-0.3, -0.25) is 14.4 Å². The zero-order valence-corrected chi connectivity index (χ0v) is 14.6. The molecule has 0 radical (unpaired) electrons. The molecule has 1 atom stereocenters. The summed E-state index contributed by atoms with van der Waals surface area (Å²) >= 11 is 0. The minimum absolute atomic E-state index is 0.0734. The van der Waals surface area contributed by atoms with E-state index in [0.29, 0.717) is 18.3 Å². The average molecular weight is 306 g/mol. The van der Waals surface area contributed by atoms with E-state index in [1.807, 2.05) is 17.7 Å². The second-order valence-corrected chi connectivity index (χ2v) is 7.39. The lowest BCUT2D eigenvalue weighted by atomic mass is 10.0. The predicted molar refractivity (Wildman–Crippen MR) is 89.2 cm³/mol. The van der Waals surface area contributed by atoms with Crippen molar-refractivity contribution in [2.24, 2.45) is 0 Å². The van der Waals surface area contributed by atoms with Gasteiger partial charge in [-0.15, -0.1) is 0 Å². The summed E-state index contributed by atoms with van der Waals surface area (Å²) in [5, 5.41) is 7.45. The second kappa shape index (κ2) is 6.82. The van der Waals surface area contributed by atoms with Gasteiger partial charge in [-0.1, -0.05) is 6.42 Å². The van der Waals surface area contributed by atoms with Gasteiger partial charge in [-0.05, 0) is 60.1 Å². The summed E-state index contributed by atoms with van der Waals surface area (Å²) in [6.07, 6.45) is 3.87. The average Bonchev–Trinajstić information content (AvgIpc) is 2.83. The summed E-state index contributed by atoms with van der Waals surface area (Å²) in [7, 11) is 0. The van der Waals surface area contributed by atoms with Gasteiger partial charge >= 0.3 is 0 Å². The minimum Gasteiger partial charge on any atom is -0.349 e. The quantitative estimate of drug-likeness (QED) is 0.930. The molecule has 0 spiro atoms. The molecule has 1 aliphatic rings. The molecule has 2 rings (SSSR count). The maximum absolute atomic E-state index is 12.3. The SMILES string of the molecule is Cc1cc(C(=O)NCCN2CCCC[C@@H]2C)nn1C(C)(C)C. The van der Waals surface area contributed by atoms with Gasteiger partial charge in [0.1, 0.15) is 5.69 Å². The van der Waals surface area contributed by atoms with Crippen LogP contribution < -0.4 is 5.32 Å². The zero-order valence-electron chi connectivity index (χ0n) is 14.6. The van der Waals surface area contributed by atoms with Gasteiger partial charge < -0.3 is 5.32 Å². The van der Waals surface area contributed by atoms with Crippen LogP contribution in [-0.4, -0.2) is 46.3 Å². The Labute approximate surface area is 134 Å². The van der Waals surface area contributed by atoms with Crippen LogP contribution in [0.25, 0.3) is 0 Å². The van der Waals surface area contributed by atoms with E-state index in [9.17, 15) is 4.79 Å². The summed E-state index contributed by atoms with van der Waals surface area (Å²) in [6.45, 7) is 13.3. The van der Waals surface area contributed by atoms with E-state index in [1.165, 1.54) is 19.3 Å². The normalized spacial score (nSPS) is 20.1. The number of piperidine rings is 1. The number of likely N-dealkylation sites (tertiary alicyclic amines) is 1. The molecule has 1 aliphatic heterocycles. The first-order valence-electron chi connectivity index (χ1n) is 8.38. The lowest BCUT2D eigenvalue weighted by Gasteiger charge is -2.33. The summed E-state index contributed by atoms with van der Waals surface area (Å²) in [4.78, 5) is 14.7. The molecular formula is C17H30N4O. The van der Waals surface area contributed by atoms with Gasteiger partial charge in [0.2, 0.25) is 0 Å². The molecule has 0 aromatic carbocycles. The fourth-order valence-corrected chi connectivity index (χ4v) is 3.16. The van der Waals surface area contributed by atoms with E-state index < -0.39 is 0 Å². The lowest BCUT2D eigenvalue weighted by molar-refractivity contribution is 0.0932. The van der Waals surface area contributed by atoms with E-state index in [1.54, 1.807) is 0 Å². The number of nitrogens with zero attached hydrogens (tertiary/aromatic N) is 3. The molecule has 5 heteroatoms.